The third-order valence-electron chi connectivity index (χ3n) is 20.7. The molecule has 1 aromatic heterocycles. The first-order chi connectivity index (χ1) is 46.6. The highest BCUT2D eigenvalue weighted by Gasteiger charge is 2.45. The van der Waals surface area contributed by atoms with E-state index in [0.29, 0.717) is 29.6 Å². The van der Waals surface area contributed by atoms with E-state index < -0.39 is 59.4 Å². The number of piperidine rings is 2. The van der Waals surface area contributed by atoms with E-state index >= 15 is 0 Å². The molecule has 0 unspecified atom stereocenters. The second-order valence-electron chi connectivity index (χ2n) is 30.1. The number of morpholine rings is 1. The van der Waals surface area contributed by atoms with E-state index in [1.165, 1.54) is 94.1 Å². The van der Waals surface area contributed by atoms with Gasteiger partial charge in [-0.1, -0.05) is 99.2 Å². The maximum absolute atomic E-state index is 14.2. The maximum atomic E-state index is 14.2. The van der Waals surface area contributed by atoms with Gasteiger partial charge in [0.05, 0.1) is 34.5 Å². The summed E-state index contributed by atoms with van der Waals surface area (Å²) >= 11 is 0. The van der Waals surface area contributed by atoms with Gasteiger partial charge in [0.1, 0.15) is 48.5 Å². The van der Waals surface area contributed by atoms with Crippen LogP contribution in [-0.2, 0) is 46.2 Å². The Balaban J connectivity index is 0.000000256. The average molecular weight is 1440 g/mol. The minimum Gasteiger partial charge on any atom is -1.00 e. The summed E-state index contributed by atoms with van der Waals surface area (Å²) in [4.78, 5) is 98.5. The molecule has 7 aliphatic rings. The highest BCUT2D eigenvalue weighted by Crippen LogP contribution is 2.36. The Kier molecular flexibility index (Phi) is 34.3. The number of amides is 5. The highest BCUT2D eigenvalue weighted by atomic mass is 35.5. The second-order valence-corrected chi connectivity index (χ2v) is 30.1. The normalized spacial score (nSPS) is 22.0. The third kappa shape index (κ3) is 26.0. The van der Waals surface area contributed by atoms with Gasteiger partial charge in [-0.15, -0.1) is 27.4 Å². The van der Waals surface area contributed by atoms with Gasteiger partial charge in [0.2, 0.25) is 17.7 Å². The van der Waals surface area contributed by atoms with Crippen molar-refractivity contribution < 1.29 is 70.0 Å². The largest absolute Gasteiger partial charge is 1.00 e. The third-order valence-corrected chi connectivity index (χ3v) is 20.7. The minimum atomic E-state index is -1.03. The summed E-state index contributed by atoms with van der Waals surface area (Å²) in [5.74, 6) is 0.451. The molecule has 5 amide bonds. The van der Waals surface area contributed by atoms with E-state index in [4.69, 9.17) is 23.7 Å². The lowest BCUT2D eigenvalue weighted by Gasteiger charge is -2.41. The molecule has 5 aliphatic heterocycles. The first-order valence-corrected chi connectivity index (χ1v) is 36.2. The van der Waals surface area contributed by atoms with Crippen LogP contribution in [-0.4, -0.2) is 242 Å². The molecule has 10 rings (SSSR count). The van der Waals surface area contributed by atoms with E-state index in [0.717, 1.165) is 128 Å². The molecule has 26 heteroatoms. The van der Waals surface area contributed by atoms with Crippen LogP contribution in [0.4, 0.5) is 15.5 Å². The molecule has 24 nitrogen and oxygen atoms in total. The van der Waals surface area contributed by atoms with E-state index in [-0.39, 0.29) is 66.5 Å². The predicted molar refractivity (Wildman–Crippen MR) is 386 cm³/mol. The molecule has 0 spiro atoms. The van der Waals surface area contributed by atoms with Gasteiger partial charge in [0.15, 0.2) is 0 Å². The predicted octanol–water partition coefficient (Wildman–Crippen LogP) is 6.06. The first kappa shape index (κ1) is 84.5. The standard InChI is InChI=1S/C32H50N4O4.C17H30N2O5.C15H22N2.C10H17N4O3.2ClH/c1-23(34(5)31(39)40-32(2,3)4)29(37)33-28(26-14-10-7-11-15-26)30(38)36-21-18-25-17-20-35(22-27(25)36)19-16-24-12-8-6-9-13-24;1-11(19(5)16(23)24-17(2,3)4)14(20)18-13(15(21)22)12-9-7-6-8-10-12;1-2-4-13(5-3-1)7-10-17-11-8-14-6-9-16-15(14)12-17;1-14(4-6-17-7-5-14)8-11-9(15-2)13-10(12-8)16-3;;/h6,8-9,12-13,23,25-28H,7,10-11,14-22H2,1-5H3,(H,33,37);11-13H,6-10H2,1-5H3,(H,18,20)(H,21,22);1-5,14-16H,6-12H2;4-7H2,1-3H3;2*1H/q;;;+1;;/p-1/t23-,25+,27+,28-;11-,13-;14-,15+;;;/m000.../s1. The van der Waals surface area contributed by atoms with Gasteiger partial charge in [-0.05, 0) is 174 Å². The lowest BCUT2D eigenvalue weighted by molar-refractivity contribution is -0.144. The molecule has 3 aromatic rings. The van der Waals surface area contributed by atoms with Crippen LogP contribution < -0.4 is 42.3 Å². The van der Waals surface area contributed by atoms with Crippen molar-refractivity contribution in [3.63, 3.8) is 0 Å². The number of nitrogens with zero attached hydrogens (tertiary/aromatic N) is 9. The summed E-state index contributed by atoms with van der Waals surface area (Å²) in [6.07, 6.45) is 15.9. The summed E-state index contributed by atoms with van der Waals surface area (Å²) in [5.41, 5.74) is 1.50. The van der Waals surface area contributed by atoms with Gasteiger partial charge in [-0.2, -0.15) is 0 Å². The summed E-state index contributed by atoms with van der Waals surface area (Å²) < 4.78 is 26.8. The van der Waals surface area contributed by atoms with E-state index in [9.17, 15) is 33.9 Å². The lowest BCUT2D eigenvalue weighted by Crippen LogP contribution is -3.00. The molecule has 0 bridgehead atoms. The van der Waals surface area contributed by atoms with Crippen LogP contribution in [0.5, 0.6) is 12.0 Å². The number of likely N-dealkylation sites (tertiary alicyclic amines) is 3. The van der Waals surface area contributed by atoms with Crippen molar-refractivity contribution >= 4 is 54.2 Å². The Morgan fingerprint density at radius 3 is 1.53 bits per heavy atom. The molecular weight excluding hydrogens is 1320 g/mol. The van der Waals surface area contributed by atoms with Crippen LogP contribution in [0, 0.1) is 23.7 Å². The van der Waals surface area contributed by atoms with E-state index in [1.807, 2.05) is 0 Å². The molecule has 6 heterocycles. The molecule has 4 N–H and O–H groups in total. The number of carbonyl (C=O) groups excluding carboxylic acids is 5. The number of methoxy groups -OCH3 is 2. The number of nitrogens with one attached hydrogen (secondary N) is 3. The molecule has 2 aromatic carbocycles. The number of quaternary nitrogens is 1. The molecular formula is C74H120Cl2N12O12. The SMILES string of the molecule is COc1nc(OC)nc([N+]2(C)CCOCC2)n1.C[C@@H](C(=O)N[C@H](C(=O)N1CC[C@H]2CCN(CCc3ccccc3)C[C@H]21)C1CCCCC1)N(C)C(=O)OC(C)(C)C.C[C@@H](C(=O)N[C@H](C(=O)O)C1CCCCC1)N(C)C(=O)OC(C)(C)C.Cl.[Cl-].c1ccc(CCN2CC[C@@H]3CCN[C@@H]3C2)cc1. The van der Waals surface area contributed by atoms with Crippen molar-refractivity contribution in [2.75, 3.05) is 114 Å². The van der Waals surface area contributed by atoms with Gasteiger partial charge in [-0.3, -0.25) is 28.7 Å². The lowest BCUT2D eigenvalue weighted by atomic mass is 9.83. The molecule has 100 heavy (non-hydrogen) atoms. The number of benzene rings is 2. The number of halogens is 2. The quantitative estimate of drug-likeness (QED) is 0.0995. The number of rotatable bonds is 19. The molecule has 8 atom stereocenters. The molecule has 5 saturated heterocycles. The number of carboxylic acid groups (broad SMARTS) is 1. The average Bonchev–Trinajstić information content (AvgIpc) is 1.53. The zero-order valence-electron chi connectivity index (χ0n) is 62.1. The van der Waals surface area contributed by atoms with Crippen LogP contribution in [0.25, 0.3) is 0 Å². The number of aromatic nitrogens is 3. The van der Waals surface area contributed by atoms with Gasteiger partial charge in [0.25, 0.3) is 0 Å². The van der Waals surface area contributed by atoms with E-state index in [2.05, 4.69) is 113 Å². The summed E-state index contributed by atoms with van der Waals surface area (Å²) in [7, 11) is 8.16. The van der Waals surface area contributed by atoms with E-state index in [1.54, 1.807) is 62.4 Å². The number of aliphatic carboxylic acids is 1. The highest BCUT2D eigenvalue weighted by molar-refractivity contribution is 5.92. The Labute approximate surface area is 608 Å². The Hall–Kier alpha value is -6.15. The Morgan fingerprint density at radius 1 is 0.630 bits per heavy atom. The zero-order chi connectivity index (χ0) is 71.2. The number of carbonyl (C=O) groups is 6. The van der Waals surface area contributed by atoms with Crippen molar-refractivity contribution in [1.29, 1.82) is 0 Å². The number of ether oxygens (including phenoxy) is 5. The summed E-state index contributed by atoms with van der Waals surface area (Å²) in [6.45, 7) is 25.7. The van der Waals surface area contributed by atoms with Crippen LogP contribution >= 0.6 is 12.4 Å². The van der Waals surface area contributed by atoms with Gasteiger partial charge in [-0.25, -0.2) is 14.4 Å². The second kappa shape index (κ2) is 40.6. The fourth-order valence-electron chi connectivity index (χ4n) is 14.3. The number of carboxylic acids is 1. The Bertz CT molecular complexity index is 2960. The molecule has 0 radical (unpaired) electrons. The van der Waals surface area contributed by atoms with Crippen LogP contribution in [0.2, 0.25) is 0 Å². The molecule has 562 valence electrons. The van der Waals surface area contributed by atoms with Crippen molar-refractivity contribution in [3.05, 3.63) is 71.8 Å². The fourth-order valence-corrected chi connectivity index (χ4v) is 14.3. The van der Waals surface area contributed by atoms with Crippen molar-refractivity contribution in [1.82, 2.24) is 59.9 Å². The summed E-state index contributed by atoms with van der Waals surface area (Å²) in [5, 5.41) is 18.8. The number of hydrogen-bond donors (Lipinski definition) is 4. The molecule has 2 saturated carbocycles. The summed E-state index contributed by atoms with van der Waals surface area (Å²) in [6, 6.07) is 19.9. The van der Waals surface area contributed by atoms with Crippen molar-refractivity contribution in [2.45, 2.75) is 206 Å². The van der Waals surface area contributed by atoms with Crippen molar-refractivity contribution in [2.24, 2.45) is 23.7 Å². The first-order valence-electron chi connectivity index (χ1n) is 36.2. The van der Waals surface area contributed by atoms with Crippen LogP contribution in [0.1, 0.15) is 156 Å². The number of likely N-dealkylation sites (N-methyl/N-ethyl adjacent to an activating group) is 3. The van der Waals surface area contributed by atoms with Gasteiger partial charge in [0, 0.05) is 58.9 Å². The topological polar surface area (TPSA) is 260 Å². The smallest absolute Gasteiger partial charge is 0.410 e. The maximum Gasteiger partial charge on any atom is 0.410 e. The van der Waals surface area contributed by atoms with Crippen LogP contribution in [0.15, 0.2) is 60.7 Å². The van der Waals surface area contributed by atoms with Crippen molar-refractivity contribution in [3.8, 4) is 12.0 Å². The van der Waals surface area contributed by atoms with Crippen LogP contribution in [0.3, 0.4) is 0 Å². The fraction of sp³-hybridized carbons (Fsp3) is 0.716. The number of fused-ring (bicyclic) bond motifs is 2. The molecule has 7 fully saturated rings. The number of hydrogen-bond acceptors (Lipinski definition) is 17. The zero-order valence-corrected chi connectivity index (χ0v) is 63.7. The van der Waals surface area contributed by atoms with Gasteiger partial charge >= 0.3 is 36.1 Å². The monoisotopic (exact) mass is 1440 g/mol. The molecule has 2 aliphatic carbocycles. The minimum absolute atomic E-state index is 0. The Morgan fingerprint density at radius 2 is 1.07 bits per heavy atom. The van der Waals surface area contributed by atoms with Gasteiger partial charge < -0.3 is 71.8 Å².